The highest BCUT2D eigenvalue weighted by molar-refractivity contribution is 6.88. The molecule has 1 aliphatic rings. The summed E-state index contributed by atoms with van der Waals surface area (Å²) in [5.41, 5.74) is 3.08. The third-order valence-corrected chi connectivity index (χ3v) is 8.21. The average molecular weight is 301 g/mol. The van der Waals surface area contributed by atoms with Crippen LogP contribution in [0.5, 0.6) is 0 Å². The summed E-state index contributed by atoms with van der Waals surface area (Å²) in [6.45, 7) is 14.6. The van der Waals surface area contributed by atoms with Crippen LogP contribution in [-0.4, -0.2) is 16.1 Å². The maximum Gasteiger partial charge on any atom is 0.0776 e. The van der Waals surface area contributed by atoms with Gasteiger partial charge in [-0.2, -0.15) is 0 Å². The van der Waals surface area contributed by atoms with E-state index in [1.165, 1.54) is 5.56 Å². The van der Waals surface area contributed by atoms with E-state index in [-0.39, 0.29) is 0 Å². The van der Waals surface area contributed by atoms with Gasteiger partial charge in [-0.1, -0.05) is 86.1 Å². The Bertz CT molecular complexity index is 552. The summed E-state index contributed by atoms with van der Waals surface area (Å²) < 4.78 is 0. The van der Waals surface area contributed by atoms with Crippen molar-refractivity contribution < 1.29 is 0 Å². The predicted octanol–water partition coefficient (Wildman–Crippen LogP) is 4.91. The van der Waals surface area contributed by atoms with Gasteiger partial charge in [-0.3, -0.25) is 0 Å². The van der Waals surface area contributed by atoms with E-state index in [2.05, 4.69) is 75.7 Å². The molecule has 0 N–H and O–H groups in total. The Kier molecular flexibility index (Phi) is 4.26. The molecule has 108 valence electrons. The molecule has 0 radical (unpaired) electrons. The fraction of sp³-hybridized carbons (Fsp3) is 0.444. The molecule has 2 rings (SSSR count). The Balaban J connectivity index is 2.22. The summed E-state index contributed by atoms with van der Waals surface area (Å²) in [7, 11) is -2.39. The van der Waals surface area contributed by atoms with Crippen molar-refractivity contribution in [2.75, 3.05) is 0 Å². The highest BCUT2D eigenvalue weighted by Crippen LogP contribution is 2.30. The van der Waals surface area contributed by atoms with Crippen molar-refractivity contribution in [3.8, 4) is 0 Å². The molecule has 2 heteroatoms. The van der Waals surface area contributed by atoms with E-state index in [1.807, 2.05) is 0 Å². The lowest BCUT2D eigenvalue weighted by molar-refractivity contribution is 1.18. The van der Waals surface area contributed by atoms with Crippen LogP contribution in [0.4, 0.5) is 0 Å². The monoisotopic (exact) mass is 300 g/mol. The molecule has 0 bridgehead atoms. The zero-order valence-corrected chi connectivity index (χ0v) is 15.9. The fourth-order valence-electron chi connectivity index (χ4n) is 2.88. The second kappa shape index (κ2) is 5.49. The first-order valence-corrected chi connectivity index (χ1v) is 14.7. The zero-order valence-electron chi connectivity index (χ0n) is 13.9. The van der Waals surface area contributed by atoms with Crippen LogP contribution >= 0.6 is 0 Å². The Hall–Kier alpha value is -0.866. The van der Waals surface area contributed by atoms with E-state index >= 15 is 0 Å². The second-order valence-corrected chi connectivity index (χ2v) is 18.1. The lowest BCUT2D eigenvalue weighted by Gasteiger charge is -2.22. The Morgan fingerprint density at radius 2 is 1.60 bits per heavy atom. The first-order chi connectivity index (χ1) is 9.18. The van der Waals surface area contributed by atoms with Gasteiger partial charge in [-0.05, 0) is 24.0 Å². The van der Waals surface area contributed by atoms with Crippen molar-refractivity contribution >= 4 is 21.3 Å². The zero-order chi connectivity index (χ0) is 15.0. The van der Waals surface area contributed by atoms with Crippen molar-refractivity contribution in [2.45, 2.75) is 52.1 Å². The Morgan fingerprint density at radius 3 is 2.20 bits per heavy atom. The Labute approximate surface area is 126 Å². The molecule has 1 aliphatic carbocycles. The van der Waals surface area contributed by atoms with Crippen molar-refractivity contribution in [3.05, 3.63) is 52.8 Å². The average Bonchev–Trinajstić information content (AvgIpc) is 2.76. The molecule has 0 aromatic heterocycles. The molecule has 1 aromatic carbocycles. The molecular formula is C18H28Si2. The minimum Gasteiger partial charge on any atom is -0.0812 e. The van der Waals surface area contributed by atoms with Gasteiger partial charge in [0.1, 0.15) is 0 Å². The van der Waals surface area contributed by atoms with Gasteiger partial charge >= 0.3 is 0 Å². The summed E-state index contributed by atoms with van der Waals surface area (Å²) in [5.74, 6) is 0. The first-order valence-electron chi connectivity index (χ1n) is 7.67. The van der Waals surface area contributed by atoms with Crippen molar-refractivity contribution in [2.24, 2.45) is 0 Å². The molecule has 0 heterocycles. The molecule has 0 amide bonds. The molecule has 20 heavy (non-hydrogen) atoms. The van der Waals surface area contributed by atoms with Crippen molar-refractivity contribution in [3.63, 3.8) is 0 Å². The number of allylic oxidation sites excluding steroid dienone is 4. The molecule has 0 atom stereocenters. The summed E-state index contributed by atoms with van der Waals surface area (Å²) >= 11 is 0. The van der Waals surface area contributed by atoms with E-state index in [1.54, 1.807) is 16.0 Å². The number of hydrogen-bond donors (Lipinski definition) is 0. The van der Waals surface area contributed by atoms with Crippen LogP contribution in [0.25, 0.3) is 0 Å². The molecule has 0 unspecified atom stereocenters. The van der Waals surface area contributed by atoms with Crippen molar-refractivity contribution in [1.82, 2.24) is 0 Å². The third-order valence-electron chi connectivity index (χ3n) is 4.03. The molecule has 1 aromatic rings. The quantitative estimate of drug-likeness (QED) is 0.693. The van der Waals surface area contributed by atoms with E-state index in [0.717, 1.165) is 12.8 Å². The third kappa shape index (κ3) is 3.61. The Morgan fingerprint density at radius 1 is 0.900 bits per heavy atom. The molecule has 0 saturated carbocycles. The molecule has 0 spiro atoms. The molecule has 0 fully saturated rings. The minimum absolute atomic E-state index is 1.12. The summed E-state index contributed by atoms with van der Waals surface area (Å²) in [6, 6.07) is 9.31. The van der Waals surface area contributed by atoms with Crippen LogP contribution in [0.15, 0.2) is 47.2 Å². The summed E-state index contributed by atoms with van der Waals surface area (Å²) in [6.07, 6.45) is 7.16. The number of benzene rings is 1. The standard InChI is InChI=1S/C18H28Si2/c1-19(2,3)17-11-7-9-15(14-17)13-16-10-8-12-18(16)20(4,5)6/h7,9-12,14H,8,13H2,1-6H3. The maximum absolute atomic E-state index is 2.46. The smallest absolute Gasteiger partial charge is 0.0776 e. The van der Waals surface area contributed by atoms with Crippen LogP contribution in [0.3, 0.4) is 0 Å². The van der Waals surface area contributed by atoms with Gasteiger partial charge in [-0.25, -0.2) is 0 Å². The number of hydrogen-bond acceptors (Lipinski definition) is 0. The normalized spacial score (nSPS) is 16.1. The van der Waals surface area contributed by atoms with Crippen LogP contribution in [0, 0.1) is 0 Å². The predicted molar refractivity (Wildman–Crippen MR) is 97.3 cm³/mol. The molecule has 0 nitrogen and oxygen atoms in total. The molecular weight excluding hydrogens is 272 g/mol. The van der Waals surface area contributed by atoms with E-state index < -0.39 is 16.1 Å². The highest BCUT2D eigenvalue weighted by atomic mass is 28.3. The van der Waals surface area contributed by atoms with Crippen molar-refractivity contribution in [1.29, 1.82) is 0 Å². The topological polar surface area (TPSA) is 0 Å². The van der Waals surface area contributed by atoms with Crippen LogP contribution in [-0.2, 0) is 6.42 Å². The largest absolute Gasteiger partial charge is 0.0812 e. The van der Waals surface area contributed by atoms with Gasteiger partial charge in [0.05, 0.1) is 16.1 Å². The number of rotatable bonds is 4. The van der Waals surface area contributed by atoms with E-state index in [9.17, 15) is 0 Å². The van der Waals surface area contributed by atoms with Gasteiger partial charge in [0.25, 0.3) is 0 Å². The first kappa shape index (κ1) is 15.5. The van der Waals surface area contributed by atoms with Crippen LogP contribution in [0.1, 0.15) is 12.0 Å². The lowest BCUT2D eigenvalue weighted by atomic mass is 10.1. The summed E-state index contributed by atoms with van der Waals surface area (Å²) in [5, 5.41) is 3.25. The van der Waals surface area contributed by atoms with Gasteiger partial charge in [0, 0.05) is 0 Å². The van der Waals surface area contributed by atoms with Gasteiger partial charge in [0.15, 0.2) is 0 Å². The van der Waals surface area contributed by atoms with E-state index in [0.29, 0.717) is 0 Å². The maximum atomic E-state index is 2.46. The van der Waals surface area contributed by atoms with Gasteiger partial charge in [0.2, 0.25) is 0 Å². The fourth-order valence-corrected chi connectivity index (χ4v) is 5.98. The summed E-state index contributed by atoms with van der Waals surface area (Å²) in [4.78, 5) is 0. The van der Waals surface area contributed by atoms with E-state index in [4.69, 9.17) is 0 Å². The SMILES string of the molecule is C[Si](C)(C)C1=CCC=C1Cc1cccc([Si](C)(C)C)c1. The van der Waals surface area contributed by atoms with Gasteiger partial charge in [-0.15, -0.1) is 0 Å². The molecule has 0 aliphatic heterocycles. The van der Waals surface area contributed by atoms with Gasteiger partial charge < -0.3 is 0 Å². The van der Waals surface area contributed by atoms with Crippen LogP contribution in [0.2, 0.25) is 39.3 Å². The van der Waals surface area contributed by atoms with Crippen LogP contribution < -0.4 is 5.19 Å². The molecule has 0 saturated heterocycles. The second-order valence-electron chi connectivity index (χ2n) is 7.96. The lowest BCUT2D eigenvalue weighted by Crippen LogP contribution is -2.37. The highest BCUT2D eigenvalue weighted by Gasteiger charge is 2.25. The minimum atomic E-state index is -1.20.